The zero-order valence-electron chi connectivity index (χ0n) is 20.7. The van der Waals surface area contributed by atoms with Crippen molar-refractivity contribution in [1.82, 2.24) is 4.98 Å². The number of benzene rings is 1. The summed E-state index contributed by atoms with van der Waals surface area (Å²) in [5.74, 6) is 0.538. The molecule has 0 radical (unpaired) electrons. The van der Waals surface area contributed by atoms with Crippen molar-refractivity contribution in [2.24, 2.45) is 17.8 Å². The molecule has 4 rings (SSSR count). The Morgan fingerprint density at radius 3 is 2.43 bits per heavy atom. The normalized spacial score (nSPS) is 25.0. The molecule has 2 saturated carbocycles. The predicted molar refractivity (Wildman–Crippen MR) is 136 cm³/mol. The third-order valence-electron chi connectivity index (χ3n) is 8.01. The zero-order chi connectivity index (χ0) is 24.6. The van der Waals surface area contributed by atoms with Gasteiger partial charge in [0.05, 0.1) is 11.9 Å². The fourth-order valence-electron chi connectivity index (χ4n) is 6.11. The number of rotatable bonds is 5. The number of aryl methyl sites for hydroxylation is 1. The molecule has 186 valence electrons. The van der Waals surface area contributed by atoms with Gasteiger partial charge >= 0.3 is 0 Å². The number of aromatic nitrogens is 1. The van der Waals surface area contributed by atoms with Gasteiger partial charge in [-0.05, 0) is 68.1 Å². The lowest BCUT2D eigenvalue weighted by atomic mass is 9.79. The highest BCUT2D eigenvalue weighted by molar-refractivity contribution is 5.99. The van der Waals surface area contributed by atoms with Gasteiger partial charge in [-0.3, -0.25) is 24.2 Å². The van der Waals surface area contributed by atoms with Crippen molar-refractivity contribution in [1.29, 1.82) is 0 Å². The van der Waals surface area contributed by atoms with E-state index < -0.39 is 0 Å². The lowest BCUT2D eigenvalue weighted by Crippen LogP contribution is -2.22. The largest absolute Gasteiger partial charge is 0.300 e. The summed E-state index contributed by atoms with van der Waals surface area (Å²) in [6.07, 6.45) is 10.8. The van der Waals surface area contributed by atoms with Crippen molar-refractivity contribution in [3.63, 3.8) is 0 Å². The Kier molecular flexibility index (Phi) is 8.95. The van der Waals surface area contributed by atoms with Crippen LogP contribution >= 0.6 is 0 Å². The maximum Gasteiger partial charge on any atom is 0.140 e. The SMILES string of the molecule is O=C1CCCCCC(=O)CC2C(CCC(=O)C1)CC(=O)C2CCCCc1ccnc2ccccc12. The molecule has 0 bridgehead atoms. The van der Waals surface area contributed by atoms with Crippen LogP contribution in [0.4, 0.5) is 0 Å². The first-order valence-corrected chi connectivity index (χ1v) is 13.4. The van der Waals surface area contributed by atoms with Gasteiger partial charge in [0.15, 0.2) is 0 Å². The lowest BCUT2D eigenvalue weighted by Gasteiger charge is -2.24. The molecule has 0 saturated heterocycles. The third-order valence-corrected chi connectivity index (χ3v) is 8.01. The second-order valence-corrected chi connectivity index (χ2v) is 10.5. The Morgan fingerprint density at radius 2 is 1.57 bits per heavy atom. The van der Waals surface area contributed by atoms with Crippen LogP contribution in [-0.4, -0.2) is 28.1 Å². The monoisotopic (exact) mass is 475 g/mol. The number of fused-ring (bicyclic) bond motifs is 2. The first kappa shape index (κ1) is 25.4. The van der Waals surface area contributed by atoms with Gasteiger partial charge in [-0.2, -0.15) is 0 Å². The highest BCUT2D eigenvalue weighted by Gasteiger charge is 2.42. The first-order valence-electron chi connectivity index (χ1n) is 13.4. The number of carbonyl (C=O) groups is 4. The molecule has 1 heterocycles. The van der Waals surface area contributed by atoms with Gasteiger partial charge in [-0.15, -0.1) is 0 Å². The van der Waals surface area contributed by atoms with Crippen LogP contribution in [0.2, 0.25) is 0 Å². The molecule has 2 aliphatic rings. The fraction of sp³-hybridized carbons (Fsp3) is 0.567. The summed E-state index contributed by atoms with van der Waals surface area (Å²) in [6, 6.07) is 10.3. The van der Waals surface area contributed by atoms with Crippen LogP contribution in [0.5, 0.6) is 0 Å². The fourth-order valence-corrected chi connectivity index (χ4v) is 6.11. The van der Waals surface area contributed by atoms with E-state index in [4.69, 9.17) is 0 Å². The molecule has 0 spiro atoms. The Morgan fingerprint density at radius 1 is 0.800 bits per heavy atom. The molecular weight excluding hydrogens is 438 g/mol. The topological polar surface area (TPSA) is 81.2 Å². The number of carbonyl (C=O) groups excluding carboxylic acids is 4. The molecule has 2 aromatic rings. The first-order chi connectivity index (χ1) is 17.0. The van der Waals surface area contributed by atoms with E-state index in [0.717, 1.165) is 50.5 Å². The summed E-state index contributed by atoms with van der Waals surface area (Å²) < 4.78 is 0. The number of hydrogen-bond acceptors (Lipinski definition) is 5. The number of nitrogens with zero attached hydrogens (tertiary/aromatic N) is 1. The number of unbranched alkanes of at least 4 members (excludes halogenated alkanes) is 1. The molecule has 5 nitrogen and oxygen atoms in total. The summed E-state index contributed by atoms with van der Waals surface area (Å²) >= 11 is 0. The minimum atomic E-state index is -0.0808. The quantitative estimate of drug-likeness (QED) is 0.391. The Hall–Kier alpha value is -2.69. The minimum Gasteiger partial charge on any atom is -0.300 e. The van der Waals surface area contributed by atoms with Crippen LogP contribution in [-0.2, 0) is 25.6 Å². The number of ketones is 4. The van der Waals surface area contributed by atoms with Gasteiger partial charge in [-0.1, -0.05) is 31.0 Å². The van der Waals surface area contributed by atoms with E-state index in [0.29, 0.717) is 38.5 Å². The number of hydrogen-bond donors (Lipinski definition) is 0. The van der Waals surface area contributed by atoms with E-state index in [-0.39, 0.29) is 47.3 Å². The maximum absolute atomic E-state index is 13.0. The Bertz CT molecular complexity index is 1070. The molecule has 2 aliphatic carbocycles. The van der Waals surface area contributed by atoms with Crippen molar-refractivity contribution >= 4 is 34.0 Å². The molecule has 3 atom stereocenters. The number of para-hydroxylation sites is 1. The molecule has 0 N–H and O–H groups in total. The zero-order valence-corrected chi connectivity index (χ0v) is 20.7. The Labute approximate surface area is 208 Å². The van der Waals surface area contributed by atoms with Crippen LogP contribution < -0.4 is 0 Å². The average Bonchev–Trinajstić information content (AvgIpc) is 3.13. The van der Waals surface area contributed by atoms with E-state index in [9.17, 15) is 19.2 Å². The third kappa shape index (κ3) is 6.93. The highest BCUT2D eigenvalue weighted by Crippen LogP contribution is 2.42. The van der Waals surface area contributed by atoms with Crippen molar-refractivity contribution in [3.05, 3.63) is 42.1 Å². The van der Waals surface area contributed by atoms with Gasteiger partial charge in [-0.25, -0.2) is 0 Å². The van der Waals surface area contributed by atoms with E-state index in [2.05, 4.69) is 17.1 Å². The van der Waals surface area contributed by atoms with Crippen LogP contribution in [0.3, 0.4) is 0 Å². The van der Waals surface area contributed by atoms with Crippen LogP contribution in [0.15, 0.2) is 36.5 Å². The summed E-state index contributed by atoms with van der Waals surface area (Å²) in [7, 11) is 0. The summed E-state index contributed by atoms with van der Waals surface area (Å²) in [5, 5.41) is 1.19. The van der Waals surface area contributed by atoms with Gasteiger partial charge in [0, 0.05) is 49.6 Å². The van der Waals surface area contributed by atoms with Gasteiger partial charge < -0.3 is 0 Å². The van der Waals surface area contributed by atoms with Gasteiger partial charge in [0.1, 0.15) is 23.1 Å². The molecule has 3 unspecified atom stereocenters. The smallest absolute Gasteiger partial charge is 0.140 e. The predicted octanol–water partition coefficient (Wildman–Crippen LogP) is 6.00. The second kappa shape index (κ2) is 12.3. The second-order valence-electron chi connectivity index (χ2n) is 10.5. The average molecular weight is 476 g/mol. The minimum absolute atomic E-state index is 0.0114. The van der Waals surface area contributed by atoms with Crippen LogP contribution in [0, 0.1) is 17.8 Å². The van der Waals surface area contributed by atoms with Crippen molar-refractivity contribution in [2.45, 2.75) is 89.9 Å². The lowest BCUT2D eigenvalue weighted by molar-refractivity contribution is -0.127. The van der Waals surface area contributed by atoms with E-state index >= 15 is 0 Å². The molecular formula is C30H37NO4. The summed E-state index contributed by atoms with van der Waals surface area (Å²) in [5.41, 5.74) is 2.29. The van der Waals surface area contributed by atoms with E-state index in [1.165, 1.54) is 10.9 Å². The molecule has 1 aromatic carbocycles. The molecule has 0 amide bonds. The Balaban J connectivity index is 1.37. The molecule has 2 fully saturated rings. The van der Waals surface area contributed by atoms with E-state index in [1.807, 2.05) is 24.4 Å². The summed E-state index contributed by atoms with van der Waals surface area (Å²) in [4.78, 5) is 54.6. The van der Waals surface area contributed by atoms with Gasteiger partial charge in [0.25, 0.3) is 0 Å². The van der Waals surface area contributed by atoms with Crippen LogP contribution in [0.25, 0.3) is 10.9 Å². The molecule has 0 aliphatic heterocycles. The van der Waals surface area contributed by atoms with Crippen molar-refractivity contribution < 1.29 is 19.2 Å². The maximum atomic E-state index is 13.0. The molecule has 5 heteroatoms. The van der Waals surface area contributed by atoms with E-state index in [1.54, 1.807) is 0 Å². The van der Waals surface area contributed by atoms with Crippen molar-refractivity contribution in [2.75, 3.05) is 0 Å². The molecule has 1 aromatic heterocycles. The standard InChI is InChI=1S/C30H37NO4/c32-23-9-2-1-3-10-24(33)20-28-22(14-15-25(34)19-23)18-30(35)27(28)12-5-4-8-21-16-17-31-29-13-7-6-11-26(21)29/h6-7,11,13,16-17,22,27-28H,1-5,8-10,12,14-15,18-20H2. The molecule has 35 heavy (non-hydrogen) atoms. The van der Waals surface area contributed by atoms with Gasteiger partial charge in [0.2, 0.25) is 0 Å². The number of Topliss-reactive ketones (excluding diaryl/α,β-unsaturated/α-hetero) is 4. The number of pyridine rings is 1. The van der Waals surface area contributed by atoms with Crippen LogP contribution in [0.1, 0.15) is 89.0 Å². The summed E-state index contributed by atoms with van der Waals surface area (Å²) in [6.45, 7) is 0. The van der Waals surface area contributed by atoms with Crippen molar-refractivity contribution in [3.8, 4) is 0 Å². The highest BCUT2D eigenvalue weighted by atomic mass is 16.1.